The van der Waals surface area contributed by atoms with Crippen molar-refractivity contribution in [3.63, 3.8) is 0 Å². The molecule has 138 valence electrons. The molecule has 7 heteroatoms. The second-order valence-corrected chi connectivity index (χ2v) is 7.54. The molecule has 0 aromatic carbocycles. The van der Waals surface area contributed by atoms with Gasteiger partial charge in [-0.3, -0.25) is 0 Å². The average molecular weight is 360 g/mol. The van der Waals surface area contributed by atoms with Gasteiger partial charge in [-0.25, -0.2) is 14.4 Å². The third kappa shape index (κ3) is 2.58. The van der Waals surface area contributed by atoms with E-state index in [-0.39, 0.29) is 23.7 Å². The van der Waals surface area contributed by atoms with E-state index in [9.17, 15) is 14.4 Å². The van der Waals surface area contributed by atoms with Crippen LogP contribution in [-0.4, -0.2) is 47.9 Å². The lowest BCUT2D eigenvalue weighted by Crippen LogP contribution is -2.39. The van der Waals surface area contributed by atoms with Crippen molar-refractivity contribution in [1.29, 1.82) is 0 Å². The maximum atomic E-state index is 12.2. The van der Waals surface area contributed by atoms with Gasteiger partial charge < -0.3 is 18.9 Å². The summed E-state index contributed by atoms with van der Waals surface area (Å²) in [6.45, 7) is 10.8. The Balaban J connectivity index is 1.74. The monoisotopic (exact) mass is 360 g/mol. The van der Waals surface area contributed by atoms with E-state index in [1.54, 1.807) is 6.08 Å². The van der Waals surface area contributed by atoms with E-state index in [0.717, 1.165) is 0 Å². The van der Waals surface area contributed by atoms with E-state index in [1.807, 2.05) is 6.92 Å². The van der Waals surface area contributed by atoms with E-state index >= 15 is 0 Å². The minimum atomic E-state index is -0.799. The number of carbonyl (C=O) groups excluding carboxylic acids is 3. The molecule has 2 saturated heterocycles. The van der Waals surface area contributed by atoms with Gasteiger partial charge in [0.2, 0.25) is 0 Å². The summed E-state index contributed by atoms with van der Waals surface area (Å²) in [4.78, 5) is 36.5. The van der Waals surface area contributed by atoms with Crippen LogP contribution in [0.25, 0.3) is 0 Å². The summed E-state index contributed by atoms with van der Waals surface area (Å²) in [5, 5.41) is 0. The minimum Gasteiger partial charge on any atom is -0.458 e. The summed E-state index contributed by atoms with van der Waals surface area (Å²) in [5.74, 6) is -2.17. The van der Waals surface area contributed by atoms with Crippen molar-refractivity contribution in [3.05, 3.63) is 36.0 Å². The van der Waals surface area contributed by atoms with Crippen molar-refractivity contribution >= 4 is 17.9 Å². The largest absolute Gasteiger partial charge is 0.458 e. The van der Waals surface area contributed by atoms with Crippen LogP contribution >= 0.6 is 0 Å². The van der Waals surface area contributed by atoms with Gasteiger partial charge in [-0.2, -0.15) is 0 Å². The molecule has 26 heavy (non-hydrogen) atoms. The second-order valence-electron chi connectivity index (χ2n) is 7.54. The van der Waals surface area contributed by atoms with Crippen molar-refractivity contribution < 1.29 is 33.3 Å². The first-order valence-corrected chi connectivity index (χ1v) is 8.55. The van der Waals surface area contributed by atoms with E-state index in [1.165, 1.54) is 6.92 Å². The molecule has 1 aliphatic carbocycles. The summed E-state index contributed by atoms with van der Waals surface area (Å²) < 4.78 is 22.3. The lowest BCUT2D eigenvalue weighted by Gasteiger charge is -2.27. The number of carbonyl (C=O) groups is 3. The van der Waals surface area contributed by atoms with E-state index in [0.29, 0.717) is 12.0 Å². The average Bonchev–Trinajstić information content (AvgIpc) is 2.96. The molecule has 2 bridgehead atoms. The molecule has 0 unspecified atom stereocenters. The third-order valence-corrected chi connectivity index (χ3v) is 5.44. The number of rotatable bonds is 2. The molecule has 0 radical (unpaired) electrons. The van der Waals surface area contributed by atoms with Crippen LogP contribution < -0.4 is 0 Å². The third-order valence-electron chi connectivity index (χ3n) is 5.44. The molecule has 3 aliphatic heterocycles. The molecule has 0 spiro atoms. The zero-order valence-corrected chi connectivity index (χ0v) is 14.7. The molecule has 3 heterocycles. The molecule has 7 nitrogen and oxygen atoms in total. The highest BCUT2D eigenvalue weighted by Gasteiger charge is 2.65. The Morgan fingerprint density at radius 3 is 2.73 bits per heavy atom. The predicted molar refractivity (Wildman–Crippen MR) is 87.7 cm³/mol. The molecule has 4 aliphatic rings. The minimum absolute atomic E-state index is 0.120. The summed E-state index contributed by atoms with van der Waals surface area (Å²) >= 11 is 0. The molecular formula is C19H20O7. The molecular weight excluding hydrogens is 340 g/mol. The molecule has 0 aromatic rings. The zero-order chi connectivity index (χ0) is 18.8. The van der Waals surface area contributed by atoms with Gasteiger partial charge in [0.1, 0.15) is 24.4 Å². The van der Waals surface area contributed by atoms with Crippen LogP contribution in [0.4, 0.5) is 0 Å². The van der Waals surface area contributed by atoms with Gasteiger partial charge >= 0.3 is 17.9 Å². The first kappa shape index (κ1) is 17.0. The number of ether oxygens (including phenoxy) is 4. The van der Waals surface area contributed by atoms with E-state index in [2.05, 4.69) is 13.2 Å². The Morgan fingerprint density at radius 1 is 1.31 bits per heavy atom. The zero-order valence-electron chi connectivity index (χ0n) is 14.7. The van der Waals surface area contributed by atoms with Gasteiger partial charge in [0.25, 0.3) is 0 Å². The fraction of sp³-hybridized carbons (Fsp3) is 0.526. The van der Waals surface area contributed by atoms with Crippen LogP contribution in [0.2, 0.25) is 0 Å². The molecule has 2 fully saturated rings. The molecule has 0 N–H and O–H groups in total. The van der Waals surface area contributed by atoms with Gasteiger partial charge in [-0.15, -0.1) is 0 Å². The van der Waals surface area contributed by atoms with Crippen LogP contribution in [0.15, 0.2) is 36.0 Å². The summed E-state index contributed by atoms with van der Waals surface area (Å²) in [6, 6.07) is 0. The number of epoxide rings is 1. The van der Waals surface area contributed by atoms with Crippen molar-refractivity contribution in [3.8, 4) is 0 Å². The van der Waals surface area contributed by atoms with Crippen molar-refractivity contribution in [2.75, 3.05) is 0 Å². The lowest BCUT2D eigenvalue weighted by molar-refractivity contribution is -0.149. The van der Waals surface area contributed by atoms with Crippen molar-refractivity contribution in [1.82, 2.24) is 0 Å². The van der Waals surface area contributed by atoms with Gasteiger partial charge in [0.05, 0.1) is 11.5 Å². The Bertz CT molecular complexity index is 779. The van der Waals surface area contributed by atoms with Crippen molar-refractivity contribution in [2.45, 2.75) is 56.7 Å². The summed E-state index contributed by atoms with van der Waals surface area (Å²) in [6.07, 6.45) is 0.167. The Hall–Kier alpha value is -2.41. The van der Waals surface area contributed by atoms with Gasteiger partial charge in [-0.05, 0) is 19.9 Å². The Labute approximate surface area is 150 Å². The number of fused-ring (bicyclic) bond motifs is 4. The van der Waals surface area contributed by atoms with Crippen LogP contribution in [0.3, 0.4) is 0 Å². The SMILES string of the molecule is C=C(C)C(=O)O[C@H]1CC2=C[C@H](C[C@@]3(C)O[C@@H]3[C@H]3OC(=O)C(=C)[C@@H]31)OC2=O. The van der Waals surface area contributed by atoms with Gasteiger partial charge in [0, 0.05) is 29.6 Å². The van der Waals surface area contributed by atoms with Gasteiger partial charge in [-0.1, -0.05) is 13.2 Å². The maximum absolute atomic E-state index is 12.2. The normalized spacial score (nSPS) is 40.6. The predicted octanol–water partition coefficient (Wildman–Crippen LogP) is 1.38. The first-order chi connectivity index (χ1) is 12.2. The van der Waals surface area contributed by atoms with Crippen LogP contribution in [0.5, 0.6) is 0 Å². The number of hydrogen-bond donors (Lipinski definition) is 0. The maximum Gasteiger partial charge on any atom is 0.334 e. The first-order valence-electron chi connectivity index (χ1n) is 8.55. The molecule has 4 rings (SSSR count). The molecule has 0 amide bonds. The fourth-order valence-corrected chi connectivity index (χ4v) is 4.02. The fourth-order valence-electron chi connectivity index (χ4n) is 4.02. The highest BCUT2D eigenvalue weighted by atomic mass is 16.7. The molecule has 0 saturated carbocycles. The summed E-state index contributed by atoms with van der Waals surface area (Å²) in [5.41, 5.74) is 0.285. The lowest BCUT2D eigenvalue weighted by atomic mass is 9.82. The van der Waals surface area contributed by atoms with Crippen LogP contribution in [0.1, 0.15) is 26.7 Å². The Kier molecular flexibility index (Phi) is 3.63. The van der Waals surface area contributed by atoms with Crippen molar-refractivity contribution in [2.24, 2.45) is 5.92 Å². The number of esters is 3. The van der Waals surface area contributed by atoms with E-state index in [4.69, 9.17) is 18.9 Å². The highest BCUT2D eigenvalue weighted by molar-refractivity contribution is 5.93. The summed E-state index contributed by atoms with van der Waals surface area (Å²) in [7, 11) is 0. The smallest absolute Gasteiger partial charge is 0.334 e. The van der Waals surface area contributed by atoms with Gasteiger partial charge in [0.15, 0.2) is 0 Å². The second kappa shape index (κ2) is 5.54. The van der Waals surface area contributed by atoms with E-state index < -0.39 is 47.7 Å². The van der Waals surface area contributed by atoms with Crippen LogP contribution in [0, 0.1) is 5.92 Å². The number of hydrogen-bond acceptors (Lipinski definition) is 7. The topological polar surface area (TPSA) is 91.4 Å². The van der Waals surface area contributed by atoms with Crippen LogP contribution in [-0.2, 0) is 33.3 Å². The Morgan fingerprint density at radius 2 is 2.04 bits per heavy atom. The quantitative estimate of drug-likeness (QED) is 0.318. The molecule has 0 aromatic heterocycles. The molecule has 6 atom stereocenters. The standard InChI is InChI=1S/C19H20O7/c1-8(2)16(20)24-12-6-10-5-11(23-18(10)22)7-19(4)15(26-19)14-13(12)9(3)17(21)25-14/h5,11-15H,1,3,6-7H2,2,4H3/t11-,12+,13-,14+,15-,19-/m1/s1. The highest BCUT2D eigenvalue weighted by Crippen LogP contribution is 2.51.